The average Bonchev–Trinajstić information content (AvgIpc) is 2.89. The molecule has 36 heavy (non-hydrogen) atoms. The first-order chi connectivity index (χ1) is 17.5. The van der Waals surface area contributed by atoms with Crippen LogP contribution in [0.2, 0.25) is 0 Å². The van der Waals surface area contributed by atoms with Crippen molar-refractivity contribution in [2.24, 2.45) is 0 Å². The van der Waals surface area contributed by atoms with Gasteiger partial charge >= 0.3 is 5.97 Å². The number of thiocarbonyl (C=S) groups is 1. The van der Waals surface area contributed by atoms with E-state index in [1.807, 2.05) is 84.9 Å². The lowest BCUT2D eigenvalue weighted by molar-refractivity contribution is -0.115. The molecule has 1 unspecified atom stereocenters. The first kappa shape index (κ1) is 25.0. The number of carboxylic acid groups (broad SMARTS) is 1. The molecule has 0 heterocycles. The number of hydrogen-bond acceptors (Lipinski definition) is 4. The monoisotopic (exact) mass is 513 g/mol. The van der Waals surface area contributed by atoms with Crippen LogP contribution in [0, 0.1) is 0 Å². The second kappa shape index (κ2) is 12.0. The molecule has 4 aromatic rings. The van der Waals surface area contributed by atoms with E-state index >= 15 is 0 Å². The van der Waals surface area contributed by atoms with Gasteiger partial charge in [0.15, 0.2) is 5.11 Å². The van der Waals surface area contributed by atoms with Crippen LogP contribution in [0.3, 0.4) is 0 Å². The molecule has 0 radical (unpaired) electrons. The van der Waals surface area contributed by atoms with Crippen LogP contribution in [0.4, 0.5) is 17.1 Å². The zero-order chi connectivity index (χ0) is 25.3. The molecule has 8 heteroatoms. The molecule has 4 aromatic carbocycles. The number of carboxylic acids is 1. The Morgan fingerprint density at radius 1 is 0.694 bits per heavy atom. The van der Waals surface area contributed by atoms with Gasteiger partial charge in [0.1, 0.15) is 5.25 Å². The summed E-state index contributed by atoms with van der Waals surface area (Å²) in [7, 11) is 0. The summed E-state index contributed by atoms with van der Waals surface area (Å²) >= 11 is 6.79. The van der Waals surface area contributed by atoms with Gasteiger partial charge in [-0.15, -0.1) is 11.8 Å². The van der Waals surface area contributed by atoms with Crippen molar-refractivity contribution in [3.05, 3.63) is 120 Å². The molecule has 0 bridgehead atoms. The molecule has 6 nitrogen and oxygen atoms in total. The van der Waals surface area contributed by atoms with Gasteiger partial charge in [-0.05, 0) is 72.4 Å². The van der Waals surface area contributed by atoms with Crippen LogP contribution in [0.15, 0.2) is 114 Å². The highest BCUT2D eigenvalue weighted by Gasteiger charge is 2.22. The second-order valence-corrected chi connectivity index (χ2v) is 9.34. The van der Waals surface area contributed by atoms with Crippen molar-refractivity contribution in [2.75, 3.05) is 16.0 Å². The molecule has 0 saturated heterocycles. The Labute approximate surface area is 218 Å². The Balaban J connectivity index is 1.46. The van der Waals surface area contributed by atoms with E-state index in [4.69, 9.17) is 12.2 Å². The quantitative estimate of drug-likeness (QED) is 0.155. The van der Waals surface area contributed by atoms with Gasteiger partial charge in [-0.25, -0.2) is 4.79 Å². The molecule has 1 amide bonds. The standard InChI is InChI=1S/C28H23N3O3S2/c32-26(29-23-13-7-10-20(18-23)27(33)34)25(19-8-3-1-4-9-19)36-24-16-14-22(15-17-24)31-28(35)30-21-11-5-2-6-12-21/h1-18,25H,(H,29,32)(H,33,34)(H2,30,31,35). The molecule has 180 valence electrons. The molecule has 0 saturated carbocycles. The van der Waals surface area contributed by atoms with E-state index in [0.29, 0.717) is 10.8 Å². The molecule has 0 aliphatic carbocycles. The number of hydrogen-bond donors (Lipinski definition) is 4. The maximum absolute atomic E-state index is 13.3. The first-order valence-corrected chi connectivity index (χ1v) is 12.4. The smallest absolute Gasteiger partial charge is 0.335 e. The Morgan fingerprint density at radius 2 is 1.28 bits per heavy atom. The predicted octanol–water partition coefficient (Wildman–Crippen LogP) is 6.67. The van der Waals surface area contributed by atoms with Crippen LogP contribution in [0.5, 0.6) is 0 Å². The fourth-order valence-electron chi connectivity index (χ4n) is 3.41. The van der Waals surface area contributed by atoms with E-state index in [2.05, 4.69) is 16.0 Å². The largest absolute Gasteiger partial charge is 0.478 e. The lowest BCUT2D eigenvalue weighted by Crippen LogP contribution is -2.19. The molecule has 0 spiro atoms. The van der Waals surface area contributed by atoms with Crippen molar-refractivity contribution in [1.29, 1.82) is 0 Å². The number of carbonyl (C=O) groups excluding carboxylic acids is 1. The van der Waals surface area contributed by atoms with Crippen LogP contribution in [-0.4, -0.2) is 22.1 Å². The predicted molar refractivity (Wildman–Crippen MR) is 150 cm³/mol. The van der Waals surface area contributed by atoms with Crippen LogP contribution in [-0.2, 0) is 4.79 Å². The van der Waals surface area contributed by atoms with E-state index in [1.54, 1.807) is 12.1 Å². The zero-order valence-corrected chi connectivity index (χ0v) is 20.7. The van der Waals surface area contributed by atoms with Crippen LogP contribution in [0.25, 0.3) is 0 Å². The number of aromatic carboxylic acids is 1. The lowest BCUT2D eigenvalue weighted by atomic mass is 10.1. The van der Waals surface area contributed by atoms with E-state index < -0.39 is 11.2 Å². The van der Waals surface area contributed by atoms with Gasteiger partial charge in [-0.2, -0.15) is 0 Å². The van der Waals surface area contributed by atoms with E-state index in [-0.39, 0.29) is 11.5 Å². The third-order valence-electron chi connectivity index (χ3n) is 5.12. The fraction of sp³-hybridized carbons (Fsp3) is 0.0357. The minimum absolute atomic E-state index is 0.111. The number of para-hydroxylation sites is 1. The van der Waals surface area contributed by atoms with E-state index in [1.165, 1.54) is 23.9 Å². The molecule has 0 aliphatic heterocycles. The minimum atomic E-state index is -1.05. The topological polar surface area (TPSA) is 90.5 Å². The number of anilines is 3. The van der Waals surface area contributed by atoms with Crippen molar-refractivity contribution in [3.63, 3.8) is 0 Å². The molecular formula is C28H23N3O3S2. The molecule has 0 aromatic heterocycles. The van der Waals surface area contributed by atoms with E-state index in [0.717, 1.165) is 21.8 Å². The summed E-state index contributed by atoms with van der Waals surface area (Å²) in [5.41, 5.74) is 3.09. The molecule has 4 N–H and O–H groups in total. The molecular weight excluding hydrogens is 490 g/mol. The molecule has 0 fully saturated rings. The van der Waals surface area contributed by atoms with Crippen LogP contribution in [0.1, 0.15) is 21.2 Å². The summed E-state index contributed by atoms with van der Waals surface area (Å²) in [6.07, 6.45) is 0. The third-order valence-corrected chi connectivity index (χ3v) is 6.59. The van der Waals surface area contributed by atoms with Gasteiger partial charge in [-0.3, -0.25) is 4.79 Å². The van der Waals surface area contributed by atoms with Crippen LogP contribution >= 0.6 is 24.0 Å². The number of benzene rings is 4. The Kier molecular flexibility index (Phi) is 8.33. The van der Waals surface area contributed by atoms with Gasteiger partial charge in [0.2, 0.25) is 5.91 Å². The summed E-state index contributed by atoms with van der Waals surface area (Å²) in [5.74, 6) is -1.29. The third kappa shape index (κ3) is 6.94. The lowest BCUT2D eigenvalue weighted by Gasteiger charge is -2.18. The van der Waals surface area contributed by atoms with Crippen molar-refractivity contribution < 1.29 is 14.7 Å². The SMILES string of the molecule is O=C(O)c1cccc(NC(=O)C(Sc2ccc(NC(=S)Nc3ccccc3)cc2)c2ccccc2)c1. The first-order valence-electron chi connectivity index (χ1n) is 11.1. The summed E-state index contributed by atoms with van der Waals surface area (Å²) in [4.78, 5) is 25.4. The maximum Gasteiger partial charge on any atom is 0.335 e. The van der Waals surface area contributed by atoms with E-state index in [9.17, 15) is 14.7 Å². The Hall–Kier alpha value is -4.14. The van der Waals surface area contributed by atoms with Crippen molar-refractivity contribution >= 4 is 58.0 Å². The Morgan fingerprint density at radius 3 is 1.92 bits per heavy atom. The minimum Gasteiger partial charge on any atom is -0.478 e. The Bertz CT molecular complexity index is 1350. The average molecular weight is 514 g/mol. The number of rotatable bonds is 8. The highest BCUT2D eigenvalue weighted by molar-refractivity contribution is 8.00. The number of thioether (sulfide) groups is 1. The van der Waals surface area contributed by atoms with Gasteiger partial charge in [0, 0.05) is 22.0 Å². The van der Waals surface area contributed by atoms with Crippen molar-refractivity contribution in [3.8, 4) is 0 Å². The van der Waals surface area contributed by atoms with Gasteiger partial charge in [0.25, 0.3) is 0 Å². The number of nitrogens with one attached hydrogen (secondary N) is 3. The number of carbonyl (C=O) groups is 2. The maximum atomic E-state index is 13.3. The van der Waals surface area contributed by atoms with Gasteiger partial charge < -0.3 is 21.1 Å². The summed E-state index contributed by atoms with van der Waals surface area (Å²) in [6, 6.07) is 33.0. The summed E-state index contributed by atoms with van der Waals surface area (Å²) < 4.78 is 0. The van der Waals surface area contributed by atoms with Gasteiger partial charge in [0.05, 0.1) is 5.56 Å². The zero-order valence-electron chi connectivity index (χ0n) is 19.0. The second-order valence-electron chi connectivity index (χ2n) is 7.75. The van der Waals surface area contributed by atoms with Crippen molar-refractivity contribution in [1.82, 2.24) is 0 Å². The molecule has 1 atom stereocenters. The van der Waals surface area contributed by atoms with Crippen molar-refractivity contribution in [2.45, 2.75) is 10.1 Å². The number of amides is 1. The summed E-state index contributed by atoms with van der Waals surface area (Å²) in [5, 5.41) is 18.3. The molecule has 0 aliphatic rings. The highest BCUT2D eigenvalue weighted by Crippen LogP contribution is 2.36. The fourth-order valence-corrected chi connectivity index (χ4v) is 4.67. The highest BCUT2D eigenvalue weighted by atomic mass is 32.2. The normalized spacial score (nSPS) is 11.2. The van der Waals surface area contributed by atoms with Gasteiger partial charge in [-0.1, -0.05) is 54.6 Å². The molecule has 4 rings (SSSR count). The summed E-state index contributed by atoms with van der Waals surface area (Å²) in [6.45, 7) is 0. The van der Waals surface area contributed by atoms with Crippen LogP contribution < -0.4 is 16.0 Å².